The Morgan fingerprint density at radius 2 is 2.29 bits per heavy atom. The van der Waals surface area contributed by atoms with Crippen LogP contribution >= 0.6 is 0 Å². The highest BCUT2D eigenvalue weighted by Crippen LogP contribution is 2.24. The smallest absolute Gasteiger partial charge is 0.282 e. The van der Waals surface area contributed by atoms with Crippen LogP contribution in [0.1, 0.15) is 23.7 Å². The SMILES string of the molecule is COc1ccc([N+](=O)[O-])c(C(=O)NC2CCNCC2C)c1. The minimum absolute atomic E-state index is 0.0181. The van der Waals surface area contributed by atoms with Crippen LogP contribution in [0.15, 0.2) is 18.2 Å². The topological polar surface area (TPSA) is 93.5 Å². The number of piperidine rings is 1. The lowest BCUT2D eigenvalue weighted by Crippen LogP contribution is -2.48. The van der Waals surface area contributed by atoms with Crippen LogP contribution in [0.3, 0.4) is 0 Å². The molecule has 1 aromatic rings. The predicted molar refractivity (Wildman–Crippen MR) is 77.6 cm³/mol. The fourth-order valence-electron chi connectivity index (χ4n) is 2.46. The molecule has 1 aliphatic rings. The van der Waals surface area contributed by atoms with Gasteiger partial charge in [-0.3, -0.25) is 14.9 Å². The van der Waals surface area contributed by atoms with E-state index < -0.39 is 10.8 Å². The van der Waals surface area contributed by atoms with Crippen LogP contribution in [-0.4, -0.2) is 37.1 Å². The van der Waals surface area contributed by atoms with E-state index >= 15 is 0 Å². The van der Waals surface area contributed by atoms with Crippen molar-refractivity contribution in [3.05, 3.63) is 33.9 Å². The van der Waals surface area contributed by atoms with Gasteiger partial charge in [0.15, 0.2) is 0 Å². The van der Waals surface area contributed by atoms with Crippen molar-refractivity contribution in [2.24, 2.45) is 5.92 Å². The van der Waals surface area contributed by atoms with Gasteiger partial charge in [0.25, 0.3) is 11.6 Å². The van der Waals surface area contributed by atoms with Crippen molar-refractivity contribution in [1.29, 1.82) is 0 Å². The quantitative estimate of drug-likeness (QED) is 0.645. The van der Waals surface area contributed by atoms with E-state index in [0.29, 0.717) is 5.75 Å². The minimum Gasteiger partial charge on any atom is -0.497 e. The van der Waals surface area contributed by atoms with Crippen molar-refractivity contribution in [3.8, 4) is 5.75 Å². The van der Waals surface area contributed by atoms with Crippen molar-refractivity contribution in [1.82, 2.24) is 10.6 Å². The Morgan fingerprint density at radius 1 is 1.52 bits per heavy atom. The summed E-state index contributed by atoms with van der Waals surface area (Å²) < 4.78 is 5.04. The lowest BCUT2D eigenvalue weighted by Gasteiger charge is -2.30. The number of amides is 1. The fourth-order valence-corrected chi connectivity index (χ4v) is 2.46. The highest BCUT2D eigenvalue weighted by molar-refractivity contribution is 5.98. The number of methoxy groups -OCH3 is 1. The third-order valence-corrected chi connectivity index (χ3v) is 3.75. The Hall–Kier alpha value is -2.15. The van der Waals surface area contributed by atoms with E-state index in [-0.39, 0.29) is 23.2 Å². The fraction of sp³-hybridized carbons (Fsp3) is 0.500. The first kappa shape index (κ1) is 15.2. The summed E-state index contributed by atoms with van der Waals surface area (Å²) in [5.41, 5.74) is -0.181. The van der Waals surface area contributed by atoms with Gasteiger partial charge in [0, 0.05) is 12.1 Å². The largest absolute Gasteiger partial charge is 0.497 e. The normalized spacial score (nSPS) is 21.6. The van der Waals surface area contributed by atoms with Crippen molar-refractivity contribution >= 4 is 11.6 Å². The highest BCUT2D eigenvalue weighted by atomic mass is 16.6. The maximum absolute atomic E-state index is 12.4. The van der Waals surface area contributed by atoms with E-state index in [0.717, 1.165) is 19.5 Å². The first-order chi connectivity index (χ1) is 10.0. The van der Waals surface area contributed by atoms with Gasteiger partial charge in [-0.15, -0.1) is 0 Å². The molecular weight excluding hydrogens is 274 g/mol. The van der Waals surface area contributed by atoms with Crippen molar-refractivity contribution < 1.29 is 14.5 Å². The van der Waals surface area contributed by atoms with Gasteiger partial charge in [-0.2, -0.15) is 0 Å². The van der Waals surface area contributed by atoms with Crippen molar-refractivity contribution in [2.45, 2.75) is 19.4 Å². The molecule has 114 valence electrons. The third kappa shape index (κ3) is 3.49. The van der Waals surface area contributed by atoms with Crippen LogP contribution in [0.4, 0.5) is 5.69 Å². The molecule has 2 rings (SSSR count). The molecule has 1 aromatic carbocycles. The molecule has 1 fully saturated rings. The Bertz CT molecular complexity index is 547. The molecule has 0 bridgehead atoms. The number of nitro groups is 1. The van der Waals surface area contributed by atoms with Gasteiger partial charge in [0.2, 0.25) is 0 Å². The summed E-state index contributed by atoms with van der Waals surface area (Å²) >= 11 is 0. The van der Waals surface area contributed by atoms with Crippen LogP contribution in [0.5, 0.6) is 5.75 Å². The van der Waals surface area contributed by atoms with Gasteiger partial charge in [-0.1, -0.05) is 6.92 Å². The second kappa shape index (κ2) is 6.53. The first-order valence-electron chi connectivity index (χ1n) is 6.87. The number of benzene rings is 1. The number of hydrogen-bond acceptors (Lipinski definition) is 5. The second-order valence-electron chi connectivity index (χ2n) is 5.19. The van der Waals surface area contributed by atoms with Gasteiger partial charge in [-0.25, -0.2) is 0 Å². The average Bonchev–Trinajstić information content (AvgIpc) is 2.48. The number of carbonyl (C=O) groups is 1. The summed E-state index contributed by atoms with van der Waals surface area (Å²) in [5.74, 6) is 0.274. The van der Waals surface area contributed by atoms with Crippen LogP contribution in [0, 0.1) is 16.0 Å². The number of ether oxygens (including phenoxy) is 1. The van der Waals surface area contributed by atoms with E-state index in [1.54, 1.807) is 0 Å². The van der Waals surface area contributed by atoms with Gasteiger partial charge in [0.05, 0.1) is 12.0 Å². The van der Waals surface area contributed by atoms with Crippen LogP contribution in [-0.2, 0) is 0 Å². The summed E-state index contributed by atoms with van der Waals surface area (Å²) in [7, 11) is 1.46. The molecule has 0 saturated carbocycles. The molecule has 1 saturated heterocycles. The van der Waals surface area contributed by atoms with Crippen LogP contribution < -0.4 is 15.4 Å². The first-order valence-corrected chi connectivity index (χ1v) is 6.87. The molecule has 2 N–H and O–H groups in total. The van der Waals surface area contributed by atoms with Gasteiger partial charge in [0.1, 0.15) is 11.3 Å². The zero-order valence-corrected chi connectivity index (χ0v) is 12.1. The molecule has 2 atom stereocenters. The molecule has 1 heterocycles. The third-order valence-electron chi connectivity index (χ3n) is 3.75. The van der Waals surface area contributed by atoms with Crippen LogP contribution in [0.25, 0.3) is 0 Å². The summed E-state index contributed by atoms with van der Waals surface area (Å²) in [4.78, 5) is 22.9. The maximum atomic E-state index is 12.4. The lowest BCUT2D eigenvalue weighted by molar-refractivity contribution is -0.385. The molecule has 0 radical (unpaired) electrons. The Kier molecular flexibility index (Phi) is 4.74. The molecule has 0 aromatic heterocycles. The van der Waals surface area contributed by atoms with Gasteiger partial charge < -0.3 is 15.4 Å². The minimum atomic E-state index is -0.555. The Labute approximate surface area is 122 Å². The van der Waals surface area contributed by atoms with Crippen molar-refractivity contribution in [2.75, 3.05) is 20.2 Å². The van der Waals surface area contributed by atoms with E-state index in [4.69, 9.17) is 4.74 Å². The zero-order chi connectivity index (χ0) is 15.4. The molecular formula is C14H19N3O4. The lowest BCUT2D eigenvalue weighted by atomic mass is 9.95. The Balaban J connectivity index is 2.22. The summed E-state index contributed by atoms with van der Waals surface area (Å²) in [6.45, 7) is 3.69. The molecule has 2 unspecified atom stereocenters. The molecule has 1 aliphatic heterocycles. The van der Waals surface area contributed by atoms with E-state index in [1.807, 2.05) is 6.92 Å². The Morgan fingerprint density at radius 3 is 2.90 bits per heavy atom. The van der Waals surface area contributed by atoms with Gasteiger partial charge in [-0.05, 0) is 37.6 Å². The number of carbonyl (C=O) groups excluding carboxylic acids is 1. The van der Waals surface area contributed by atoms with E-state index in [9.17, 15) is 14.9 Å². The molecule has 1 amide bonds. The standard InChI is InChI=1S/C14H19N3O4/c1-9-8-15-6-5-12(9)16-14(18)11-7-10(21-2)3-4-13(11)17(19)20/h3-4,7,9,12,15H,5-6,8H2,1-2H3,(H,16,18). The molecule has 7 nitrogen and oxygen atoms in total. The number of hydrogen-bond donors (Lipinski definition) is 2. The summed E-state index contributed by atoms with van der Waals surface area (Å²) in [5, 5.41) is 17.2. The van der Waals surface area contributed by atoms with E-state index in [2.05, 4.69) is 10.6 Å². The number of nitro benzene ring substituents is 1. The monoisotopic (exact) mass is 293 g/mol. The number of rotatable bonds is 4. The maximum Gasteiger partial charge on any atom is 0.282 e. The zero-order valence-electron chi connectivity index (χ0n) is 12.1. The van der Waals surface area contributed by atoms with E-state index in [1.165, 1.54) is 25.3 Å². The highest BCUT2D eigenvalue weighted by Gasteiger charge is 2.27. The second-order valence-corrected chi connectivity index (χ2v) is 5.19. The molecule has 0 aliphatic carbocycles. The summed E-state index contributed by atoms with van der Waals surface area (Å²) in [6, 6.07) is 4.19. The predicted octanol–water partition coefficient (Wildman–Crippen LogP) is 1.33. The van der Waals surface area contributed by atoms with Crippen LogP contribution in [0.2, 0.25) is 0 Å². The number of nitrogens with zero attached hydrogens (tertiary/aromatic N) is 1. The number of nitrogens with one attached hydrogen (secondary N) is 2. The molecule has 0 spiro atoms. The average molecular weight is 293 g/mol. The molecule has 7 heteroatoms. The summed E-state index contributed by atoms with van der Waals surface area (Å²) in [6.07, 6.45) is 0.810. The van der Waals surface area contributed by atoms with Gasteiger partial charge >= 0.3 is 0 Å². The molecule has 21 heavy (non-hydrogen) atoms. The van der Waals surface area contributed by atoms with Crippen molar-refractivity contribution in [3.63, 3.8) is 0 Å².